The third kappa shape index (κ3) is 6.00. The van der Waals surface area contributed by atoms with Crippen LogP contribution in [0.25, 0.3) is 0 Å². The van der Waals surface area contributed by atoms with Gasteiger partial charge in [-0.3, -0.25) is 0 Å². The van der Waals surface area contributed by atoms with Crippen molar-refractivity contribution in [3.8, 4) is 0 Å². The van der Waals surface area contributed by atoms with Crippen LogP contribution in [-0.4, -0.2) is 78.2 Å². The zero-order chi connectivity index (χ0) is 15.0. The van der Waals surface area contributed by atoms with Gasteiger partial charge in [0, 0.05) is 20.1 Å². The average molecular weight is 303 g/mol. The molecule has 1 aliphatic rings. The van der Waals surface area contributed by atoms with Crippen LogP contribution in [0.1, 0.15) is 19.3 Å². The standard InChI is InChI=1S/C13H25N3O3S/c1-15(8-9-16-6-3-4-7-16)13(19)14-11(12(17)18)5-10-20-2/h11H,3-10H2,1-2H3,(H,14,19)(H,17,18)/t11-/m0/s1. The summed E-state index contributed by atoms with van der Waals surface area (Å²) >= 11 is 1.58. The third-order valence-corrected chi connectivity index (χ3v) is 4.15. The fraction of sp³-hybridized carbons (Fsp3) is 0.846. The second-order valence-corrected chi connectivity index (χ2v) is 6.08. The summed E-state index contributed by atoms with van der Waals surface area (Å²) in [6.45, 7) is 3.68. The van der Waals surface area contributed by atoms with Crippen LogP contribution in [0.2, 0.25) is 0 Å². The van der Waals surface area contributed by atoms with Crippen LogP contribution in [0.4, 0.5) is 4.79 Å². The van der Waals surface area contributed by atoms with Gasteiger partial charge in [0.15, 0.2) is 0 Å². The molecule has 0 saturated carbocycles. The number of carbonyl (C=O) groups excluding carboxylic acids is 1. The third-order valence-electron chi connectivity index (χ3n) is 3.50. The number of thioether (sulfide) groups is 1. The molecule has 1 heterocycles. The molecule has 2 amide bonds. The second-order valence-electron chi connectivity index (χ2n) is 5.09. The van der Waals surface area contributed by atoms with E-state index in [9.17, 15) is 9.59 Å². The lowest BCUT2D eigenvalue weighted by Gasteiger charge is -2.23. The van der Waals surface area contributed by atoms with E-state index in [-0.39, 0.29) is 6.03 Å². The number of carboxylic acid groups (broad SMARTS) is 1. The fourth-order valence-corrected chi connectivity index (χ4v) is 2.62. The number of hydrogen-bond acceptors (Lipinski definition) is 4. The molecule has 116 valence electrons. The van der Waals surface area contributed by atoms with Crippen molar-refractivity contribution in [2.75, 3.05) is 45.2 Å². The van der Waals surface area contributed by atoms with E-state index >= 15 is 0 Å². The molecule has 1 atom stereocenters. The van der Waals surface area contributed by atoms with Gasteiger partial charge in [0.05, 0.1) is 0 Å². The van der Waals surface area contributed by atoms with Gasteiger partial charge >= 0.3 is 12.0 Å². The summed E-state index contributed by atoms with van der Waals surface area (Å²) in [7, 11) is 1.71. The molecule has 0 aromatic heterocycles. The lowest BCUT2D eigenvalue weighted by atomic mass is 10.2. The van der Waals surface area contributed by atoms with E-state index in [0.29, 0.717) is 13.0 Å². The van der Waals surface area contributed by atoms with Crippen molar-refractivity contribution in [2.45, 2.75) is 25.3 Å². The van der Waals surface area contributed by atoms with Crippen LogP contribution in [0.5, 0.6) is 0 Å². The Morgan fingerprint density at radius 2 is 2.05 bits per heavy atom. The number of likely N-dealkylation sites (N-methyl/N-ethyl adjacent to an activating group) is 1. The van der Waals surface area contributed by atoms with E-state index in [1.54, 1.807) is 23.7 Å². The first-order chi connectivity index (χ1) is 9.54. The number of likely N-dealkylation sites (tertiary alicyclic amines) is 1. The van der Waals surface area contributed by atoms with Crippen molar-refractivity contribution in [3.05, 3.63) is 0 Å². The lowest BCUT2D eigenvalue weighted by Crippen LogP contribution is -2.48. The van der Waals surface area contributed by atoms with Crippen molar-refractivity contribution >= 4 is 23.8 Å². The van der Waals surface area contributed by atoms with Gasteiger partial charge in [-0.2, -0.15) is 11.8 Å². The highest BCUT2D eigenvalue weighted by atomic mass is 32.2. The number of nitrogens with zero attached hydrogens (tertiary/aromatic N) is 2. The zero-order valence-electron chi connectivity index (χ0n) is 12.3. The molecule has 0 bridgehead atoms. The Morgan fingerprint density at radius 1 is 1.40 bits per heavy atom. The van der Waals surface area contributed by atoms with Gasteiger partial charge in [0.25, 0.3) is 0 Å². The molecule has 6 nitrogen and oxygen atoms in total. The molecule has 1 aliphatic heterocycles. The quantitative estimate of drug-likeness (QED) is 0.698. The first-order valence-corrected chi connectivity index (χ1v) is 8.39. The van der Waals surface area contributed by atoms with Crippen LogP contribution in [0.3, 0.4) is 0 Å². The summed E-state index contributed by atoms with van der Waals surface area (Å²) in [5.41, 5.74) is 0. The van der Waals surface area contributed by atoms with Crippen molar-refractivity contribution < 1.29 is 14.7 Å². The van der Waals surface area contributed by atoms with Gasteiger partial charge in [-0.1, -0.05) is 0 Å². The second kappa shape index (κ2) is 9.07. The minimum Gasteiger partial charge on any atom is -0.480 e. The van der Waals surface area contributed by atoms with Gasteiger partial charge in [-0.25, -0.2) is 9.59 Å². The van der Waals surface area contributed by atoms with E-state index in [2.05, 4.69) is 10.2 Å². The molecule has 1 saturated heterocycles. The fourth-order valence-electron chi connectivity index (χ4n) is 2.15. The SMILES string of the molecule is CSCC[C@H](NC(=O)N(C)CCN1CCCC1)C(=O)O. The highest BCUT2D eigenvalue weighted by molar-refractivity contribution is 7.98. The molecule has 7 heteroatoms. The highest BCUT2D eigenvalue weighted by Crippen LogP contribution is 2.06. The van der Waals surface area contributed by atoms with Crippen molar-refractivity contribution in [3.63, 3.8) is 0 Å². The number of hydrogen-bond donors (Lipinski definition) is 2. The predicted octanol–water partition coefficient (Wildman–Crippen LogP) is 0.930. The number of amides is 2. The Bertz CT molecular complexity index is 322. The highest BCUT2D eigenvalue weighted by Gasteiger charge is 2.21. The first-order valence-electron chi connectivity index (χ1n) is 7.00. The molecule has 1 fully saturated rings. The molecule has 1 rings (SSSR count). The Kier molecular flexibility index (Phi) is 7.76. The molecular weight excluding hydrogens is 278 g/mol. The Balaban J connectivity index is 2.32. The Morgan fingerprint density at radius 3 is 2.60 bits per heavy atom. The Hall–Kier alpha value is -0.950. The Labute approximate surface area is 124 Å². The minimum atomic E-state index is -0.972. The minimum absolute atomic E-state index is 0.308. The van der Waals surface area contributed by atoms with E-state index in [0.717, 1.165) is 25.4 Å². The summed E-state index contributed by atoms with van der Waals surface area (Å²) in [6, 6.07) is -1.11. The average Bonchev–Trinajstić information content (AvgIpc) is 2.93. The topological polar surface area (TPSA) is 72.9 Å². The number of aliphatic carboxylic acids is 1. The zero-order valence-corrected chi connectivity index (χ0v) is 13.1. The number of urea groups is 1. The molecule has 0 aromatic rings. The molecule has 0 aliphatic carbocycles. The summed E-state index contributed by atoms with van der Waals surface area (Å²) in [5, 5.41) is 11.7. The van der Waals surface area contributed by atoms with E-state index in [4.69, 9.17) is 5.11 Å². The van der Waals surface area contributed by atoms with Crippen LogP contribution >= 0.6 is 11.8 Å². The van der Waals surface area contributed by atoms with Crippen LogP contribution < -0.4 is 5.32 Å². The maximum Gasteiger partial charge on any atom is 0.326 e. The monoisotopic (exact) mass is 303 g/mol. The van der Waals surface area contributed by atoms with Gasteiger partial charge in [-0.15, -0.1) is 0 Å². The largest absolute Gasteiger partial charge is 0.480 e. The summed E-state index contributed by atoms with van der Waals surface area (Å²) < 4.78 is 0. The lowest BCUT2D eigenvalue weighted by molar-refractivity contribution is -0.139. The molecule has 0 spiro atoms. The summed E-state index contributed by atoms with van der Waals surface area (Å²) in [6.07, 6.45) is 4.82. The first kappa shape index (κ1) is 17.1. The van der Waals surface area contributed by atoms with Gasteiger partial charge in [0.1, 0.15) is 6.04 Å². The van der Waals surface area contributed by atoms with E-state index < -0.39 is 12.0 Å². The molecule has 20 heavy (non-hydrogen) atoms. The molecule has 2 N–H and O–H groups in total. The van der Waals surface area contributed by atoms with E-state index in [1.165, 1.54) is 12.8 Å². The normalized spacial score (nSPS) is 16.9. The molecular formula is C13H25N3O3S. The summed E-state index contributed by atoms with van der Waals surface area (Å²) in [4.78, 5) is 26.9. The summed E-state index contributed by atoms with van der Waals surface area (Å²) in [5.74, 6) is -0.255. The smallest absolute Gasteiger partial charge is 0.326 e. The van der Waals surface area contributed by atoms with Gasteiger partial charge < -0.3 is 20.2 Å². The van der Waals surface area contributed by atoms with Crippen molar-refractivity contribution in [1.29, 1.82) is 0 Å². The number of rotatable bonds is 8. The predicted molar refractivity (Wildman–Crippen MR) is 81.3 cm³/mol. The van der Waals surface area contributed by atoms with Crippen LogP contribution in [-0.2, 0) is 4.79 Å². The van der Waals surface area contributed by atoms with Crippen LogP contribution in [0.15, 0.2) is 0 Å². The maximum atomic E-state index is 12.0. The molecule has 0 unspecified atom stereocenters. The molecule has 0 radical (unpaired) electrons. The number of carboxylic acids is 1. The molecule has 0 aromatic carbocycles. The number of carbonyl (C=O) groups is 2. The maximum absolute atomic E-state index is 12.0. The van der Waals surface area contributed by atoms with Crippen molar-refractivity contribution in [2.24, 2.45) is 0 Å². The van der Waals surface area contributed by atoms with Gasteiger partial charge in [-0.05, 0) is 44.4 Å². The van der Waals surface area contributed by atoms with Gasteiger partial charge in [0.2, 0.25) is 0 Å². The van der Waals surface area contributed by atoms with Crippen molar-refractivity contribution in [1.82, 2.24) is 15.1 Å². The van der Waals surface area contributed by atoms with E-state index in [1.807, 2.05) is 6.26 Å². The van der Waals surface area contributed by atoms with Crippen LogP contribution in [0, 0.1) is 0 Å². The number of nitrogens with one attached hydrogen (secondary N) is 1.